The van der Waals surface area contributed by atoms with Gasteiger partial charge in [-0.1, -0.05) is 20.8 Å². The molecular formula is C17H26F3NO3Si. The first-order chi connectivity index (χ1) is 11.3. The standard InChI is InChI=1S/C17H26F3NO3Si/c1-16(2,3)25(5,6)24-11-7-8-13-12(15(22)23-4)9-10-14(21-13)17(18,19)20/h9-10H,7-8,11H2,1-6H3. The molecule has 1 heterocycles. The van der Waals surface area contributed by atoms with Gasteiger partial charge < -0.3 is 9.16 Å². The first kappa shape index (κ1) is 21.6. The fourth-order valence-electron chi connectivity index (χ4n) is 1.93. The topological polar surface area (TPSA) is 48.4 Å². The minimum atomic E-state index is -4.55. The predicted molar refractivity (Wildman–Crippen MR) is 92.0 cm³/mol. The number of alkyl halides is 3. The highest BCUT2D eigenvalue weighted by molar-refractivity contribution is 6.74. The van der Waals surface area contributed by atoms with Crippen LogP contribution in [0, 0.1) is 0 Å². The van der Waals surface area contributed by atoms with E-state index in [0.29, 0.717) is 13.0 Å². The van der Waals surface area contributed by atoms with E-state index in [0.717, 1.165) is 12.1 Å². The Balaban J connectivity index is 2.87. The second kappa shape index (κ2) is 7.86. The fraction of sp³-hybridized carbons (Fsp3) is 0.647. The summed E-state index contributed by atoms with van der Waals surface area (Å²) in [5.41, 5.74) is -0.871. The molecule has 1 rings (SSSR count). The van der Waals surface area contributed by atoms with E-state index in [9.17, 15) is 18.0 Å². The Morgan fingerprint density at radius 2 is 1.80 bits per heavy atom. The lowest BCUT2D eigenvalue weighted by molar-refractivity contribution is -0.141. The second-order valence-corrected chi connectivity index (χ2v) is 12.2. The molecule has 4 nitrogen and oxygen atoms in total. The van der Waals surface area contributed by atoms with Crippen molar-refractivity contribution in [3.8, 4) is 0 Å². The molecule has 0 fully saturated rings. The van der Waals surface area contributed by atoms with Crippen molar-refractivity contribution in [2.75, 3.05) is 13.7 Å². The normalized spacial score (nSPS) is 13.0. The molecule has 142 valence electrons. The zero-order chi connectivity index (χ0) is 19.5. The number of pyridine rings is 1. The number of ether oxygens (including phenoxy) is 1. The molecule has 0 amide bonds. The number of rotatable bonds is 6. The Kier molecular flexibility index (Phi) is 6.80. The molecule has 1 aromatic rings. The van der Waals surface area contributed by atoms with Crippen molar-refractivity contribution in [3.05, 3.63) is 29.1 Å². The third kappa shape index (κ3) is 5.81. The Hall–Kier alpha value is -1.41. The van der Waals surface area contributed by atoms with Crippen molar-refractivity contribution in [3.63, 3.8) is 0 Å². The van der Waals surface area contributed by atoms with E-state index in [1.54, 1.807) is 0 Å². The van der Waals surface area contributed by atoms with Crippen LogP contribution in [0.4, 0.5) is 13.2 Å². The van der Waals surface area contributed by atoms with Crippen molar-refractivity contribution < 1.29 is 27.1 Å². The minimum Gasteiger partial charge on any atom is -0.465 e. The summed E-state index contributed by atoms with van der Waals surface area (Å²) in [5, 5.41) is 0.0542. The predicted octanol–water partition coefficient (Wildman–Crippen LogP) is 4.84. The van der Waals surface area contributed by atoms with E-state index < -0.39 is 26.2 Å². The molecular weight excluding hydrogens is 351 g/mol. The molecule has 1 aromatic heterocycles. The number of esters is 1. The van der Waals surface area contributed by atoms with Crippen LogP contribution >= 0.6 is 0 Å². The number of hydrogen-bond acceptors (Lipinski definition) is 4. The van der Waals surface area contributed by atoms with Crippen LogP contribution in [-0.4, -0.2) is 33.0 Å². The lowest BCUT2D eigenvalue weighted by Gasteiger charge is -2.36. The van der Waals surface area contributed by atoms with Crippen LogP contribution in [0.1, 0.15) is 48.9 Å². The Morgan fingerprint density at radius 1 is 1.20 bits per heavy atom. The summed E-state index contributed by atoms with van der Waals surface area (Å²) < 4.78 is 49.2. The third-order valence-corrected chi connectivity index (χ3v) is 9.04. The lowest BCUT2D eigenvalue weighted by Crippen LogP contribution is -2.41. The summed E-state index contributed by atoms with van der Waals surface area (Å²) in [5.74, 6) is -0.693. The van der Waals surface area contributed by atoms with Gasteiger partial charge in [-0.15, -0.1) is 0 Å². The molecule has 0 saturated carbocycles. The molecule has 8 heteroatoms. The van der Waals surface area contributed by atoms with Gasteiger partial charge in [-0.05, 0) is 43.1 Å². The molecule has 0 unspecified atom stereocenters. The second-order valence-electron chi connectivity index (χ2n) is 7.39. The smallest absolute Gasteiger partial charge is 0.433 e. The average Bonchev–Trinajstić information content (AvgIpc) is 2.48. The summed E-state index contributed by atoms with van der Waals surface area (Å²) in [4.78, 5) is 15.4. The van der Waals surface area contributed by atoms with E-state index >= 15 is 0 Å². The van der Waals surface area contributed by atoms with Gasteiger partial charge in [0.05, 0.1) is 18.4 Å². The fourth-order valence-corrected chi connectivity index (χ4v) is 3.02. The lowest BCUT2D eigenvalue weighted by atomic mass is 10.1. The number of nitrogens with zero attached hydrogens (tertiary/aromatic N) is 1. The first-order valence-electron chi connectivity index (χ1n) is 8.09. The summed E-state index contributed by atoms with van der Waals surface area (Å²) in [7, 11) is -0.733. The molecule has 0 saturated heterocycles. The Morgan fingerprint density at radius 3 is 2.28 bits per heavy atom. The van der Waals surface area contributed by atoms with Crippen molar-refractivity contribution in [1.82, 2.24) is 4.98 Å². The Labute approximate surface area is 147 Å². The molecule has 0 aliphatic heterocycles. The van der Waals surface area contributed by atoms with Crippen LogP contribution in [0.2, 0.25) is 18.1 Å². The van der Waals surface area contributed by atoms with E-state index in [-0.39, 0.29) is 22.7 Å². The van der Waals surface area contributed by atoms with Crippen molar-refractivity contribution in [2.45, 2.75) is 57.9 Å². The maximum absolute atomic E-state index is 12.9. The molecule has 0 spiro atoms. The van der Waals surface area contributed by atoms with E-state index in [2.05, 4.69) is 43.6 Å². The van der Waals surface area contributed by atoms with Crippen LogP contribution < -0.4 is 0 Å². The maximum atomic E-state index is 12.9. The number of halogens is 3. The summed E-state index contributed by atoms with van der Waals surface area (Å²) in [6, 6.07) is 1.91. The summed E-state index contributed by atoms with van der Waals surface area (Å²) in [6.07, 6.45) is -3.87. The van der Waals surface area contributed by atoms with E-state index in [1.165, 1.54) is 7.11 Å². The highest BCUT2D eigenvalue weighted by atomic mass is 28.4. The van der Waals surface area contributed by atoms with Gasteiger partial charge in [0.25, 0.3) is 0 Å². The van der Waals surface area contributed by atoms with Gasteiger partial charge >= 0.3 is 12.1 Å². The zero-order valence-corrected chi connectivity index (χ0v) is 16.6. The molecule has 0 bridgehead atoms. The molecule has 0 N–H and O–H groups in total. The Bertz CT molecular complexity index is 610. The SMILES string of the molecule is COC(=O)c1ccc(C(F)(F)F)nc1CCCO[Si](C)(C)C(C)(C)C. The summed E-state index contributed by atoms with van der Waals surface area (Å²) in [6.45, 7) is 11.0. The quantitative estimate of drug-likeness (QED) is 0.404. The molecule has 0 aliphatic carbocycles. The number of hydrogen-bond donors (Lipinski definition) is 0. The van der Waals surface area contributed by atoms with Gasteiger partial charge in [-0.3, -0.25) is 0 Å². The van der Waals surface area contributed by atoms with Crippen LogP contribution in [0.15, 0.2) is 12.1 Å². The molecule has 25 heavy (non-hydrogen) atoms. The van der Waals surface area contributed by atoms with Gasteiger partial charge in [-0.25, -0.2) is 9.78 Å². The highest BCUT2D eigenvalue weighted by Gasteiger charge is 2.37. The molecule has 0 aromatic carbocycles. The van der Waals surface area contributed by atoms with Crippen LogP contribution in [-0.2, 0) is 21.8 Å². The minimum absolute atomic E-state index is 0.0542. The highest BCUT2D eigenvalue weighted by Crippen LogP contribution is 2.36. The maximum Gasteiger partial charge on any atom is 0.433 e. The monoisotopic (exact) mass is 377 g/mol. The number of carbonyl (C=O) groups excluding carboxylic acids is 1. The third-order valence-electron chi connectivity index (χ3n) is 4.50. The molecule has 0 atom stereocenters. The number of aryl methyl sites for hydroxylation is 1. The first-order valence-corrected chi connectivity index (χ1v) is 11.0. The van der Waals surface area contributed by atoms with E-state index in [1.807, 2.05) is 0 Å². The number of carbonyl (C=O) groups is 1. The van der Waals surface area contributed by atoms with Crippen molar-refractivity contribution in [1.29, 1.82) is 0 Å². The van der Waals surface area contributed by atoms with Crippen LogP contribution in [0.3, 0.4) is 0 Å². The largest absolute Gasteiger partial charge is 0.465 e. The van der Waals surface area contributed by atoms with Gasteiger partial charge in [-0.2, -0.15) is 13.2 Å². The van der Waals surface area contributed by atoms with Gasteiger partial charge in [0, 0.05) is 6.61 Å². The van der Waals surface area contributed by atoms with Gasteiger partial charge in [0.15, 0.2) is 8.32 Å². The van der Waals surface area contributed by atoms with Crippen LogP contribution in [0.25, 0.3) is 0 Å². The van der Waals surface area contributed by atoms with Crippen molar-refractivity contribution in [2.24, 2.45) is 0 Å². The van der Waals surface area contributed by atoms with Gasteiger partial charge in [0.2, 0.25) is 0 Å². The zero-order valence-electron chi connectivity index (χ0n) is 15.6. The van der Waals surface area contributed by atoms with Crippen LogP contribution in [0.5, 0.6) is 0 Å². The average molecular weight is 377 g/mol. The van der Waals surface area contributed by atoms with Crippen molar-refractivity contribution >= 4 is 14.3 Å². The van der Waals surface area contributed by atoms with Gasteiger partial charge in [0.1, 0.15) is 5.69 Å². The summed E-state index contributed by atoms with van der Waals surface area (Å²) >= 11 is 0. The van der Waals surface area contributed by atoms with E-state index in [4.69, 9.17) is 4.43 Å². The molecule has 0 radical (unpaired) electrons. The number of methoxy groups -OCH3 is 1. The number of aromatic nitrogens is 1. The molecule has 0 aliphatic rings.